The molecule has 0 aromatic rings. The van der Waals surface area contributed by atoms with Crippen molar-refractivity contribution >= 4 is 13.8 Å². The summed E-state index contributed by atoms with van der Waals surface area (Å²) in [7, 11) is 2.47. The molecule has 9 heteroatoms. The number of carbonyl (C=O) groups is 1. The molecule has 45 heavy (non-hydrogen) atoms. The highest BCUT2D eigenvalue weighted by atomic mass is 31.2. The molecule has 2 atom stereocenters. The fraction of sp³-hybridized carbons (Fsp3) is 0.972. The third kappa shape index (κ3) is 36.2. The fourth-order valence-corrected chi connectivity index (χ4v) is 6.41. The Bertz CT molecular complexity index is 701. The SMILES string of the molecule is CCCCCCCCCCCCCCCCCCOCC(COP(=O)(O)OCCCCCCCCCC[N+](C)(C)C)CC(=O)O. The molecule has 0 saturated heterocycles. The van der Waals surface area contributed by atoms with Gasteiger partial charge in [-0.3, -0.25) is 13.8 Å². The molecule has 0 fully saturated rings. The van der Waals surface area contributed by atoms with Gasteiger partial charge in [0, 0.05) is 12.5 Å². The minimum atomic E-state index is -4.21. The highest BCUT2D eigenvalue weighted by Gasteiger charge is 2.24. The van der Waals surface area contributed by atoms with E-state index in [1.54, 1.807) is 0 Å². The van der Waals surface area contributed by atoms with Crippen molar-refractivity contribution in [1.82, 2.24) is 0 Å². The summed E-state index contributed by atoms with van der Waals surface area (Å²) < 4.78 is 29.2. The normalized spacial score (nSPS) is 14.1. The number of phosphoric acid groups is 1. The lowest BCUT2D eigenvalue weighted by Gasteiger charge is -2.23. The minimum absolute atomic E-state index is 0.163. The van der Waals surface area contributed by atoms with E-state index >= 15 is 0 Å². The second-order valence-electron chi connectivity index (χ2n) is 14.3. The quantitative estimate of drug-likeness (QED) is 0.0390. The number of rotatable bonds is 36. The predicted molar refractivity (Wildman–Crippen MR) is 188 cm³/mol. The second-order valence-corrected chi connectivity index (χ2v) is 15.7. The van der Waals surface area contributed by atoms with Crippen LogP contribution in [-0.4, -0.2) is 74.6 Å². The molecule has 0 spiro atoms. The predicted octanol–water partition coefficient (Wildman–Crippen LogP) is 10.3. The zero-order chi connectivity index (χ0) is 33.5. The molecule has 0 aliphatic heterocycles. The summed E-state index contributed by atoms with van der Waals surface area (Å²) >= 11 is 0. The van der Waals surface area contributed by atoms with Crippen LogP contribution < -0.4 is 0 Å². The van der Waals surface area contributed by atoms with Crippen molar-refractivity contribution in [3.63, 3.8) is 0 Å². The standard InChI is InChI=1S/C36H74NO7P/c1-5-6-7-8-9-10-11-12-13-14-15-16-18-21-24-27-30-42-33-35(32-36(38)39)34-44-45(40,41)43-31-28-25-22-19-17-20-23-26-29-37(2,3)4/h35H,5-34H2,1-4H3,(H-,38,39,40,41)/p+1. The van der Waals surface area contributed by atoms with Crippen molar-refractivity contribution in [1.29, 1.82) is 0 Å². The number of hydrogen-bond donors (Lipinski definition) is 2. The minimum Gasteiger partial charge on any atom is -0.481 e. The van der Waals surface area contributed by atoms with E-state index in [2.05, 4.69) is 28.1 Å². The molecule has 0 aliphatic rings. The van der Waals surface area contributed by atoms with E-state index in [-0.39, 0.29) is 26.2 Å². The van der Waals surface area contributed by atoms with E-state index in [9.17, 15) is 19.4 Å². The summed E-state index contributed by atoms with van der Waals surface area (Å²) in [6.45, 7) is 4.23. The molecule has 0 aromatic heterocycles. The Morgan fingerprint density at radius 1 is 0.600 bits per heavy atom. The van der Waals surface area contributed by atoms with E-state index in [1.807, 2.05) is 0 Å². The molecule has 2 N–H and O–H groups in total. The summed E-state index contributed by atoms with van der Waals surface area (Å²) in [6.07, 6.45) is 29.8. The number of unbranched alkanes of at least 4 members (excludes halogenated alkanes) is 22. The zero-order valence-corrected chi connectivity index (χ0v) is 31.0. The van der Waals surface area contributed by atoms with Crippen LogP contribution in [0.3, 0.4) is 0 Å². The van der Waals surface area contributed by atoms with E-state index < -0.39 is 19.7 Å². The van der Waals surface area contributed by atoms with Gasteiger partial charge >= 0.3 is 13.8 Å². The lowest BCUT2D eigenvalue weighted by Crippen LogP contribution is -2.35. The molecule has 2 unspecified atom stereocenters. The van der Waals surface area contributed by atoms with E-state index in [1.165, 1.54) is 129 Å². The van der Waals surface area contributed by atoms with Crippen molar-refractivity contribution in [2.75, 3.05) is 54.1 Å². The van der Waals surface area contributed by atoms with Crippen LogP contribution in [0.15, 0.2) is 0 Å². The van der Waals surface area contributed by atoms with Crippen molar-refractivity contribution in [2.24, 2.45) is 5.92 Å². The van der Waals surface area contributed by atoms with Gasteiger partial charge in [-0.05, 0) is 25.7 Å². The first-order valence-corrected chi connectivity index (χ1v) is 20.3. The average molecular weight is 665 g/mol. The summed E-state index contributed by atoms with van der Waals surface area (Å²) in [5, 5.41) is 9.23. The number of phosphoric ester groups is 1. The number of hydrogen-bond acceptors (Lipinski definition) is 5. The fourth-order valence-electron chi connectivity index (χ4n) is 5.58. The van der Waals surface area contributed by atoms with Gasteiger partial charge in [0.15, 0.2) is 0 Å². The number of carboxylic acid groups (broad SMARTS) is 1. The smallest absolute Gasteiger partial charge is 0.472 e. The van der Waals surface area contributed by atoms with Crippen LogP contribution in [0.2, 0.25) is 0 Å². The van der Waals surface area contributed by atoms with Crippen molar-refractivity contribution in [2.45, 2.75) is 167 Å². The molecule has 0 heterocycles. The van der Waals surface area contributed by atoms with Crippen LogP contribution in [0, 0.1) is 5.92 Å². The van der Waals surface area contributed by atoms with Gasteiger partial charge in [0.1, 0.15) is 0 Å². The van der Waals surface area contributed by atoms with Gasteiger partial charge in [-0.2, -0.15) is 0 Å². The number of quaternary nitrogens is 1. The maximum absolute atomic E-state index is 12.3. The third-order valence-electron chi connectivity index (χ3n) is 8.41. The maximum atomic E-state index is 12.3. The Kier molecular flexibility index (Phi) is 30.5. The number of carboxylic acids is 1. The molecular formula is C36H75NO7P+. The molecule has 0 radical (unpaired) electrons. The summed E-state index contributed by atoms with van der Waals surface area (Å²) in [6, 6.07) is 0. The van der Waals surface area contributed by atoms with Gasteiger partial charge in [-0.15, -0.1) is 0 Å². The Morgan fingerprint density at radius 2 is 1.00 bits per heavy atom. The monoisotopic (exact) mass is 665 g/mol. The molecule has 0 aliphatic carbocycles. The molecule has 0 rings (SSSR count). The largest absolute Gasteiger partial charge is 0.481 e. The first-order valence-electron chi connectivity index (χ1n) is 18.8. The number of nitrogens with zero attached hydrogens (tertiary/aromatic N) is 1. The first-order chi connectivity index (χ1) is 21.6. The Labute approximate surface area is 278 Å². The highest BCUT2D eigenvalue weighted by molar-refractivity contribution is 7.47. The maximum Gasteiger partial charge on any atom is 0.472 e. The second kappa shape index (κ2) is 30.8. The van der Waals surface area contributed by atoms with Gasteiger partial charge in [0.05, 0.1) is 53.9 Å². The lowest BCUT2D eigenvalue weighted by molar-refractivity contribution is -0.870. The number of ether oxygens (including phenoxy) is 1. The Hall–Kier alpha value is -0.500. The van der Waals surface area contributed by atoms with Gasteiger partial charge in [0.25, 0.3) is 0 Å². The molecule has 0 saturated carbocycles. The lowest BCUT2D eigenvalue weighted by atomic mass is 10.0. The highest BCUT2D eigenvalue weighted by Crippen LogP contribution is 2.44. The topological polar surface area (TPSA) is 102 Å². The molecule has 0 bridgehead atoms. The van der Waals surface area contributed by atoms with Crippen LogP contribution in [0.25, 0.3) is 0 Å². The van der Waals surface area contributed by atoms with Gasteiger partial charge in [0.2, 0.25) is 0 Å². The molecule has 0 aromatic carbocycles. The Morgan fingerprint density at radius 3 is 1.42 bits per heavy atom. The molecule has 270 valence electrons. The van der Waals surface area contributed by atoms with Gasteiger partial charge in [-0.25, -0.2) is 4.57 Å². The van der Waals surface area contributed by atoms with E-state index in [0.29, 0.717) is 13.0 Å². The van der Waals surface area contributed by atoms with Crippen molar-refractivity contribution in [3.05, 3.63) is 0 Å². The zero-order valence-electron chi connectivity index (χ0n) is 30.1. The van der Waals surface area contributed by atoms with Crippen molar-refractivity contribution in [3.8, 4) is 0 Å². The van der Waals surface area contributed by atoms with Crippen LogP contribution in [0.4, 0.5) is 0 Å². The van der Waals surface area contributed by atoms with Crippen LogP contribution in [0.1, 0.15) is 167 Å². The van der Waals surface area contributed by atoms with E-state index in [4.69, 9.17) is 13.8 Å². The van der Waals surface area contributed by atoms with Crippen molar-refractivity contribution < 1.29 is 37.6 Å². The van der Waals surface area contributed by atoms with E-state index in [0.717, 1.165) is 30.2 Å². The molecule has 8 nitrogen and oxygen atoms in total. The molecule has 0 amide bonds. The molecular weight excluding hydrogens is 589 g/mol. The average Bonchev–Trinajstić information content (AvgIpc) is 2.97. The first kappa shape index (κ1) is 44.5. The van der Waals surface area contributed by atoms with Gasteiger partial charge in [-0.1, -0.05) is 135 Å². The summed E-state index contributed by atoms with van der Waals surface area (Å²) in [5.74, 6) is -1.47. The van der Waals surface area contributed by atoms with Crippen LogP contribution in [-0.2, 0) is 23.1 Å². The third-order valence-corrected chi connectivity index (χ3v) is 9.39. The van der Waals surface area contributed by atoms with Gasteiger partial charge < -0.3 is 19.2 Å². The number of aliphatic carboxylic acids is 1. The van der Waals surface area contributed by atoms with Crippen LogP contribution in [0.5, 0.6) is 0 Å². The Balaban J connectivity index is 3.73. The summed E-state index contributed by atoms with van der Waals surface area (Å²) in [5.41, 5.74) is 0. The summed E-state index contributed by atoms with van der Waals surface area (Å²) in [4.78, 5) is 21.3. The van der Waals surface area contributed by atoms with Crippen LogP contribution >= 0.6 is 7.82 Å².